The highest BCUT2D eigenvalue weighted by atomic mass is 15.2. The largest absolute Gasteiger partial charge is 0.366 e. The van der Waals surface area contributed by atoms with Crippen molar-refractivity contribution in [3.8, 4) is 6.07 Å². The Morgan fingerprint density at radius 3 is 3.00 bits per heavy atom. The summed E-state index contributed by atoms with van der Waals surface area (Å²) >= 11 is 0. The van der Waals surface area contributed by atoms with Crippen LogP contribution < -0.4 is 10.6 Å². The summed E-state index contributed by atoms with van der Waals surface area (Å²) in [6.07, 6.45) is 1.13. The molecule has 1 unspecified atom stereocenters. The molecule has 0 saturated carbocycles. The number of nitrogens with zero attached hydrogens (tertiary/aromatic N) is 3. The van der Waals surface area contributed by atoms with E-state index in [4.69, 9.17) is 11.0 Å². The summed E-state index contributed by atoms with van der Waals surface area (Å²) in [5.41, 5.74) is 7.72. The first-order chi connectivity index (χ1) is 8.74. The Labute approximate surface area is 109 Å². The molecule has 2 N–H and O–H groups in total. The van der Waals surface area contributed by atoms with Gasteiger partial charge in [-0.3, -0.25) is 0 Å². The maximum atomic E-state index is 8.98. The Kier molecular flexibility index (Phi) is 4.19. The Balaban J connectivity index is 2.25. The summed E-state index contributed by atoms with van der Waals surface area (Å²) < 4.78 is 0. The molecule has 1 aromatic carbocycles. The predicted octanol–water partition coefficient (Wildman–Crippen LogP) is 1.03. The van der Waals surface area contributed by atoms with Gasteiger partial charge in [0.15, 0.2) is 0 Å². The van der Waals surface area contributed by atoms with Gasteiger partial charge in [-0.05, 0) is 38.2 Å². The Hall–Kier alpha value is -1.57. The maximum absolute atomic E-state index is 8.98. The van der Waals surface area contributed by atoms with Crippen molar-refractivity contribution in [3.63, 3.8) is 0 Å². The van der Waals surface area contributed by atoms with Crippen molar-refractivity contribution in [3.05, 3.63) is 29.8 Å². The van der Waals surface area contributed by atoms with Crippen molar-refractivity contribution < 1.29 is 0 Å². The molecule has 1 aliphatic rings. The zero-order valence-corrected chi connectivity index (χ0v) is 10.8. The molecule has 96 valence electrons. The topological polar surface area (TPSA) is 56.3 Å². The molecule has 0 spiro atoms. The molecule has 2 rings (SSSR count). The van der Waals surface area contributed by atoms with Crippen LogP contribution in [0.5, 0.6) is 0 Å². The fourth-order valence-electron chi connectivity index (χ4n) is 2.54. The molecule has 0 radical (unpaired) electrons. The number of rotatable bonds is 2. The SMILES string of the molecule is CN1CCCN(c2cccc(C#N)c2)C(CN)C1. The zero-order chi connectivity index (χ0) is 13.0. The van der Waals surface area contributed by atoms with Crippen molar-refractivity contribution in [2.75, 3.05) is 38.1 Å². The minimum atomic E-state index is 0.325. The van der Waals surface area contributed by atoms with Crippen LogP contribution in [0.2, 0.25) is 0 Å². The van der Waals surface area contributed by atoms with Gasteiger partial charge in [-0.2, -0.15) is 5.26 Å². The molecule has 18 heavy (non-hydrogen) atoms. The number of hydrogen-bond donors (Lipinski definition) is 1. The van der Waals surface area contributed by atoms with Crippen molar-refractivity contribution in [2.24, 2.45) is 5.73 Å². The average Bonchev–Trinajstić information content (AvgIpc) is 2.60. The standard InChI is InChI=1S/C14H20N4/c1-17-6-3-7-18(14(10-16)11-17)13-5-2-4-12(8-13)9-15/h2,4-5,8,14H,3,6-7,10-11,16H2,1H3. The molecular formula is C14H20N4. The van der Waals surface area contributed by atoms with Crippen molar-refractivity contribution >= 4 is 5.69 Å². The molecule has 0 aliphatic carbocycles. The van der Waals surface area contributed by atoms with Gasteiger partial charge in [-0.15, -0.1) is 0 Å². The monoisotopic (exact) mass is 244 g/mol. The van der Waals surface area contributed by atoms with E-state index in [1.54, 1.807) is 0 Å². The van der Waals surface area contributed by atoms with E-state index in [-0.39, 0.29) is 0 Å². The van der Waals surface area contributed by atoms with Crippen LogP contribution in [0, 0.1) is 11.3 Å². The third-order valence-electron chi connectivity index (χ3n) is 3.48. The van der Waals surface area contributed by atoms with Gasteiger partial charge in [0.05, 0.1) is 17.7 Å². The molecule has 1 fully saturated rings. The smallest absolute Gasteiger partial charge is 0.0992 e. The van der Waals surface area contributed by atoms with Crippen LogP contribution >= 0.6 is 0 Å². The molecule has 1 atom stereocenters. The van der Waals surface area contributed by atoms with Crippen molar-refractivity contribution in [1.29, 1.82) is 5.26 Å². The molecule has 4 heteroatoms. The number of nitriles is 1. The fourth-order valence-corrected chi connectivity index (χ4v) is 2.54. The summed E-state index contributed by atoms with van der Waals surface area (Å²) in [6.45, 7) is 3.72. The number of nitrogens with two attached hydrogens (primary N) is 1. The van der Waals surface area contributed by atoms with Crippen molar-refractivity contribution in [1.82, 2.24) is 4.90 Å². The van der Waals surface area contributed by atoms with Gasteiger partial charge in [0.1, 0.15) is 0 Å². The summed E-state index contributed by atoms with van der Waals surface area (Å²) in [6, 6.07) is 10.3. The van der Waals surface area contributed by atoms with Crippen LogP contribution in [0.25, 0.3) is 0 Å². The normalized spacial score (nSPS) is 21.4. The van der Waals surface area contributed by atoms with E-state index in [0.29, 0.717) is 18.2 Å². The second kappa shape index (κ2) is 5.85. The number of anilines is 1. The Morgan fingerprint density at radius 2 is 2.28 bits per heavy atom. The lowest BCUT2D eigenvalue weighted by molar-refractivity contribution is 0.332. The first kappa shape index (κ1) is 12.9. The van der Waals surface area contributed by atoms with Gasteiger partial charge in [0.25, 0.3) is 0 Å². The average molecular weight is 244 g/mol. The van der Waals surface area contributed by atoms with Gasteiger partial charge < -0.3 is 15.5 Å². The van der Waals surface area contributed by atoms with E-state index in [9.17, 15) is 0 Å². The molecular weight excluding hydrogens is 224 g/mol. The minimum absolute atomic E-state index is 0.325. The highest BCUT2D eigenvalue weighted by Gasteiger charge is 2.22. The maximum Gasteiger partial charge on any atom is 0.0992 e. The molecule has 1 saturated heterocycles. The van der Waals surface area contributed by atoms with Crippen LogP contribution in [0.4, 0.5) is 5.69 Å². The predicted molar refractivity (Wildman–Crippen MR) is 73.5 cm³/mol. The zero-order valence-electron chi connectivity index (χ0n) is 10.8. The van der Waals surface area contributed by atoms with Crippen molar-refractivity contribution in [2.45, 2.75) is 12.5 Å². The lowest BCUT2D eigenvalue weighted by Gasteiger charge is -2.32. The summed E-state index contributed by atoms with van der Waals surface area (Å²) in [4.78, 5) is 4.66. The fraction of sp³-hybridized carbons (Fsp3) is 0.500. The van der Waals surface area contributed by atoms with E-state index in [0.717, 1.165) is 31.7 Å². The number of hydrogen-bond acceptors (Lipinski definition) is 4. The van der Waals surface area contributed by atoms with Crippen LogP contribution in [-0.2, 0) is 0 Å². The second-order valence-corrected chi connectivity index (χ2v) is 4.86. The molecule has 4 nitrogen and oxygen atoms in total. The van der Waals surface area contributed by atoms with E-state index < -0.39 is 0 Å². The van der Waals surface area contributed by atoms with Gasteiger partial charge in [0.2, 0.25) is 0 Å². The van der Waals surface area contributed by atoms with E-state index in [1.807, 2.05) is 18.2 Å². The van der Waals surface area contributed by atoms with E-state index in [1.165, 1.54) is 0 Å². The van der Waals surface area contributed by atoms with Gasteiger partial charge in [0, 0.05) is 25.3 Å². The molecule has 0 aromatic heterocycles. The highest BCUT2D eigenvalue weighted by Crippen LogP contribution is 2.21. The third-order valence-corrected chi connectivity index (χ3v) is 3.48. The molecule has 0 amide bonds. The molecule has 1 aliphatic heterocycles. The minimum Gasteiger partial charge on any atom is -0.366 e. The third kappa shape index (κ3) is 2.81. The number of likely N-dealkylation sites (N-methyl/N-ethyl adjacent to an activating group) is 1. The van der Waals surface area contributed by atoms with E-state index in [2.05, 4.69) is 29.0 Å². The van der Waals surface area contributed by atoms with Crippen LogP contribution in [0.1, 0.15) is 12.0 Å². The summed E-state index contributed by atoms with van der Waals surface area (Å²) in [5.74, 6) is 0. The number of benzene rings is 1. The van der Waals surface area contributed by atoms with Gasteiger partial charge in [-0.25, -0.2) is 0 Å². The van der Waals surface area contributed by atoms with Gasteiger partial charge in [-0.1, -0.05) is 6.07 Å². The quantitative estimate of drug-likeness (QED) is 0.844. The molecule has 1 heterocycles. The lowest BCUT2D eigenvalue weighted by Crippen LogP contribution is -2.45. The van der Waals surface area contributed by atoms with Crippen LogP contribution in [0.15, 0.2) is 24.3 Å². The Morgan fingerprint density at radius 1 is 1.44 bits per heavy atom. The molecule has 1 aromatic rings. The first-order valence-corrected chi connectivity index (χ1v) is 6.40. The lowest BCUT2D eigenvalue weighted by atomic mass is 10.1. The van der Waals surface area contributed by atoms with Crippen LogP contribution in [-0.4, -0.2) is 44.2 Å². The first-order valence-electron chi connectivity index (χ1n) is 6.40. The second-order valence-electron chi connectivity index (χ2n) is 4.86. The Bertz CT molecular complexity index is 438. The summed E-state index contributed by atoms with van der Waals surface area (Å²) in [5, 5.41) is 8.98. The van der Waals surface area contributed by atoms with E-state index >= 15 is 0 Å². The van der Waals surface area contributed by atoms with Crippen LogP contribution in [0.3, 0.4) is 0 Å². The summed E-state index contributed by atoms with van der Waals surface area (Å²) in [7, 11) is 2.14. The molecule has 0 bridgehead atoms. The van der Waals surface area contributed by atoms with Gasteiger partial charge >= 0.3 is 0 Å². The highest BCUT2D eigenvalue weighted by molar-refractivity contribution is 5.52.